The molecule has 0 atom stereocenters. The molecule has 0 bridgehead atoms. The molecule has 0 heterocycles. The third-order valence-corrected chi connectivity index (χ3v) is 2.27. The zero-order valence-electron chi connectivity index (χ0n) is 10.0. The smallest absolute Gasteiger partial charge is 0.315 e. The number of carbonyl (C=O) groups is 1. The summed E-state index contributed by atoms with van der Waals surface area (Å²) in [6.07, 6.45) is 2.44. The number of ether oxygens (including phenoxy) is 1. The van der Waals surface area contributed by atoms with E-state index in [0.717, 1.165) is 17.7 Å². The third kappa shape index (κ3) is 5.06. The molecule has 0 saturated carbocycles. The predicted octanol–water partition coefficient (Wildman–Crippen LogP) is 1.72. The van der Waals surface area contributed by atoms with Gasteiger partial charge in [0.05, 0.1) is 7.11 Å². The molecule has 1 aromatic carbocycles. The van der Waals surface area contributed by atoms with Crippen LogP contribution in [0.2, 0.25) is 0 Å². The predicted molar refractivity (Wildman–Crippen MR) is 68.3 cm³/mol. The Morgan fingerprint density at radius 3 is 2.65 bits per heavy atom. The molecule has 1 aromatic rings. The van der Waals surface area contributed by atoms with Gasteiger partial charge in [-0.2, -0.15) is 0 Å². The Hall–Kier alpha value is -1.97. The van der Waals surface area contributed by atoms with E-state index >= 15 is 0 Å². The van der Waals surface area contributed by atoms with Gasteiger partial charge in [0.1, 0.15) is 5.75 Å². The molecular formula is C13H18N2O2. The van der Waals surface area contributed by atoms with Crippen molar-refractivity contribution in [3.05, 3.63) is 42.5 Å². The number of hydrogen-bond acceptors (Lipinski definition) is 2. The topological polar surface area (TPSA) is 50.4 Å². The molecule has 4 nitrogen and oxygen atoms in total. The maximum absolute atomic E-state index is 11.2. The van der Waals surface area contributed by atoms with Crippen LogP contribution in [0.15, 0.2) is 36.9 Å². The summed E-state index contributed by atoms with van der Waals surface area (Å²) in [5.41, 5.74) is 1.16. The molecule has 0 radical (unpaired) electrons. The zero-order chi connectivity index (χ0) is 12.5. The van der Waals surface area contributed by atoms with E-state index in [4.69, 9.17) is 4.74 Å². The molecule has 0 fully saturated rings. The number of hydrogen-bond donors (Lipinski definition) is 2. The van der Waals surface area contributed by atoms with E-state index in [1.165, 1.54) is 0 Å². The molecule has 92 valence electrons. The van der Waals surface area contributed by atoms with Gasteiger partial charge in [0.2, 0.25) is 0 Å². The first-order chi connectivity index (χ1) is 8.26. The number of amides is 2. The highest BCUT2D eigenvalue weighted by molar-refractivity contribution is 5.73. The average Bonchev–Trinajstić information content (AvgIpc) is 2.37. The van der Waals surface area contributed by atoms with Gasteiger partial charge in [0.15, 0.2) is 0 Å². The molecule has 0 unspecified atom stereocenters. The fourth-order valence-corrected chi connectivity index (χ4v) is 1.34. The quantitative estimate of drug-likeness (QED) is 0.736. The summed E-state index contributed by atoms with van der Waals surface area (Å²) in [4.78, 5) is 11.2. The van der Waals surface area contributed by atoms with Crippen molar-refractivity contribution in [1.82, 2.24) is 10.6 Å². The van der Waals surface area contributed by atoms with Gasteiger partial charge in [-0.1, -0.05) is 18.2 Å². The molecule has 2 N–H and O–H groups in total. The van der Waals surface area contributed by atoms with E-state index in [2.05, 4.69) is 17.2 Å². The fraction of sp³-hybridized carbons (Fsp3) is 0.308. The van der Waals surface area contributed by atoms with Crippen molar-refractivity contribution in [2.75, 3.05) is 20.2 Å². The minimum absolute atomic E-state index is 0.168. The first-order valence-corrected chi connectivity index (χ1v) is 5.52. The molecule has 0 aliphatic rings. The van der Waals surface area contributed by atoms with E-state index in [1.807, 2.05) is 24.3 Å². The van der Waals surface area contributed by atoms with Crippen LogP contribution in [0.1, 0.15) is 5.56 Å². The number of nitrogens with one attached hydrogen (secondary N) is 2. The van der Waals surface area contributed by atoms with Gasteiger partial charge in [-0.05, 0) is 24.1 Å². The molecule has 4 heteroatoms. The standard InChI is InChI=1S/C13H18N2O2/c1-3-9-14-13(16)15-10-8-11-4-6-12(17-2)7-5-11/h3-7H,1,8-10H2,2H3,(H2,14,15,16). The monoisotopic (exact) mass is 234 g/mol. The fourth-order valence-electron chi connectivity index (χ4n) is 1.34. The van der Waals surface area contributed by atoms with Crippen LogP contribution in [-0.2, 0) is 6.42 Å². The van der Waals surface area contributed by atoms with Crippen LogP contribution in [0.4, 0.5) is 4.79 Å². The van der Waals surface area contributed by atoms with Crippen molar-refractivity contribution in [3.63, 3.8) is 0 Å². The lowest BCUT2D eigenvalue weighted by Gasteiger charge is -2.06. The molecule has 1 rings (SSSR count). The van der Waals surface area contributed by atoms with Gasteiger partial charge in [0, 0.05) is 13.1 Å². The second kappa shape index (κ2) is 7.33. The van der Waals surface area contributed by atoms with Crippen molar-refractivity contribution in [2.24, 2.45) is 0 Å². The van der Waals surface area contributed by atoms with Crippen LogP contribution in [0, 0.1) is 0 Å². The molecule has 0 aromatic heterocycles. The van der Waals surface area contributed by atoms with Crippen LogP contribution < -0.4 is 15.4 Å². The first-order valence-electron chi connectivity index (χ1n) is 5.52. The van der Waals surface area contributed by atoms with E-state index in [1.54, 1.807) is 13.2 Å². The van der Waals surface area contributed by atoms with Gasteiger partial charge in [-0.15, -0.1) is 6.58 Å². The first kappa shape index (κ1) is 13.1. The third-order valence-electron chi connectivity index (χ3n) is 2.27. The molecular weight excluding hydrogens is 216 g/mol. The number of benzene rings is 1. The Morgan fingerprint density at radius 1 is 1.35 bits per heavy atom. The van der Waals surface area contributed by atoms with Gasteiger partial charge >= 0.3 is 6.03 Å². The Morgan fingerprint density at radius 2 is 2.06 bits per heavy atom. The van der Waals surface area contributed by atoms with Crippen molar-refractivity contribution in [2.45, 2.75) is 6.42 Å². The van der Waals surface area contributed by atoms with Gasteiger partial charge in [-0.25, -0.2) is 4.79 Å². The number of carbonyl (C=O) groups excluding carboxylic acids is 1. The maximum Gasteiger partial charge on any atom is 0.315 e. The minimum Gasteiger partial charge on any atom is -0.497 e. The number of urea groups is 1. The van der Waals surface area contributed by atoms with E-state index in [9.17, 15) is 4.79 Å². The van der Waals surface area contributed by atoms with E-state index < -0.39 is 0 Å². The highest BCUT2D eigenvalue weighted by atomic mass is 16.5. The zero-order valence-corrected chi connectivity index (χ0v) is 10.0. The number of rotatable bonds is 6. The normalized spacial score (nSPS) is 9.47. The van der Waals surface area contributed by atoms with Crippen molar-refractivity contribution >= 4 is 6.03 Å². The summed E-state index contributed by atoms with van der Waals surface area (Å²) >= 11 is 0. The van der Waals surface area contributed by atoms with E-state index in [0.29, 0.717) is 13.1 Å². The lowest BCUT2D eigenvalue weighted by atomic mass is 10.1. The minimum atomic E-state index is -0.168. The van der Waals surface area contributed by atoms with Crippen LogP contribution in [0.25, 0.3) is 0 Å². The van der Waals surface area contributed by atoms with Crippen LogP contribution in [0.5, 0.6) is 5.75 Å². The maximum atomic E-state index is 11.2. The Kier molecular flexibility index (Phi) is 5.64. The SMILES string of the molecule is C=CCNC(=O)NCCc1ccc(OC)cc1. The molecule has 0 spiro atoms. The highest BCUT2D eigenvalue weighted by Gasteiger charge is 1.98. The Labute approximate surface area is 102 Å². The van der Waals surface area contributed by atoms with Crippen molar-refractivity contribution < 1.29 is 9.53 Å². The van der Waals surface area contributed by atoms with Crippen LogP contribution >= 0.6 is 0 Å². The van der Waals surface area contributed by atoms with Gasteiger partial charge < -0.3 is 15.4 Å². The number of methoxy groups -OCH3 is 1. The van der Waals surface area contributed by atoms with Gasteiger partial charge in [-0.3, -0.25) is 0 Å². The van der Waals surface area contributed by atoms with Crippen molar-refractivity contribution in [3.8, 4) is 5.75 Å². The van der Waals surface area contributed by atoms with E-state index in [-0.39, 0.29) is 6.03 Å². The van der Waals surface area contributed by atoms with Crippen LogP contribution in [0.3, 0.4) is 0 Å². The molecule has 2 amide bonds. The summed E-state index contributed by atoms with van der Waals surface area (Å²) in [5.74, 6) is 0.838. The summed E-state index contributed by atoms with van der Waals surface area (Å²) in [6.45, 7) is 4.61. The van der Waals surface area contributed by atoms with Gasteiger partial charge in [0.25, 0.3) is 0 Å². The summed E-state index contributed by atoms with van der Waals surface area (Å²) in [6, 6.07) is 7.63. The second-order valence-corrected chi connectivity index (χ2v) is 3.52. The average molecular weight is 234 g/mol. The molecule has 0 saturated heterocycles. The summed E-state index contributed by atoms with van der Waals surface area (Å²) < 4.78 is 5.07. The van der Waals surface area contributed by atoms with Crippen LogP contribution in [-0.4, -0.2) is 26.2 Å². The molecule has 17 heavy (non-hydrogen) atoms. The largest absolute Gasteiger partial charge is 0.497 e. The second-order valence-electron chi connectivity index (χ2n) is 3.52. The Bertz CT molecular complexity index is 360. The molecule has 0 aliphatic carbocycles. The lowest BCUT2D eigenvalue weighted by Crippen LogP contribution is -2.36. The summed E-state index contributed by atoms with van der Waals surface area (Å²) in [5, 5.41) is 5.41. The van der Waals surface area contributed by atoms with Crippen molar-refractivity contribution in [1.29, 1.82) is 0 Å². The Balaban J connectivity index is 2.25. The molecule has 0 aliphatic heterocycles. The lowest BCUT2D eigenvalue weighted by molar-refractivity contribution is 0.242. The summed E-state index contributed by atoms with van der Waals surface area (Å²) in [7, 11) is 1.64. The highest BCUT2D eigenvalue weighted by Crippen LogP contribution is 2.11.